The topological polar surface area (TPSA) is 43.8 Å². The van der Waals surface area contributed by atoms with Crippen LogP contribution < -0.4 is 4.74 Å². The maximum absolute atomic E-state index is 5.66. The Morgan fingerprint density at radius 1 is 1.27 bits per heavy atom. The maximum atomic E-state index is 5.66. The zero-order valence-corrected chi connectivity index (χ0v) is 17.2. The van der Waals surface area contributed by atoms with Crippen LogP contribution >= 0.6 is 27.3 Å². The summed E-state index contributed by atoms with van der Waals surface area (Å²) in [4.78, 5) is 7.32. The number of likely N-dealkylation sites (tertiary alicyclic amines) is 1. The van der Waals surface area contributed by atoms with E-state index in [0.29, 0.717) is 5.92 Å². The summed E-state index contributed by atoms with van der Waals surface area (Å²) in [5.74, 6) is 1.39. The number of nitrogens with zero attached hydrogens (tertiary/aromatic N) is 2. The zero-order valence-electron chi connectivity index (χ0n) is 14.8. The summed E-state index contributed by atoms with van der Waals surface area (Å²) in [7, 11) is 1.70. The zero-order chi connectivity index (χ0) is 17.9. The van der Waals surface area contributed by atoms with Crippen LogP contribution in [0.4, 0.5) is 0 Å². The number of hydrogen-bond acceptors (Lipinski definition) is 6. The van der Waals surface area contributed by atoms with E-state index in [1.165, 1.54) is 0 Å². The number of hydrogen-bond donors (Lipinski definition) is 0. The normalized spacial score (nSPS) is 19.9. The molecule has 0 bridgehead atoms. The van der Waals surface area contributed by atoms with Gasteiger partial charge in [-0.2, -0.15) is 0 Å². The molecule has 2 aliphatic heterocycles. The lowest BCUT2D eigenvalue weighted by Gasteiger charge is -2.33. The average molecular weight is 439 g/mol. The number of halogens is 1. The summed E-state index contributed by atoms with van der Waals surface area (Å²) in [6.45, 7) is 4.52. The molecular weight excluding hydrogens is 416 g/mol. The fraction of sp³-hybridized carbons (Fsp3) is 0.526. The molecule has 3 heterocycles. The van der Waals surface area contributed by atoms with Crippen LogP contribution in [-0.2, 0) is 16.0 Å². The van der Waals surface area contributed by atoms with Crippen LogP contribution in [0.25, 0.3) is 10.6 Å². The molecule has 0 atom stereocenters. The Hall–Kier alpha value is -0.990. The number of benzene rings is 1. The Kier molecular flexibility index (Phi) is 5.90. The fourth-order valence-corrected chi connectivity index (χ4v) is 4.80. The van der Waals surface area contributed by atoms with Gasteiger partial charge < -0.3 is 14.2 Å². The molecule has 2 fully saturated rings. The summed E-state index contributed by atoms with van der Waals surface area (Å²) < 4.78 is 17.8. The first kappa shape index (κ1) is 18.4. The standard InChI is InChI=1S/C19H23BrN2O3S/c1-23-17-3-2-14(20)10-16(17)18-21-15(12-26-18)11-22-6-4-13(5-7-22)19-24-8-9-25-19/h2-3,10,12-13,19H,4-9,11H2,1H3. The third-order valence-electron chi connectivity index (χ3n) is 4.99. The number of thiazole rings is 1. The van der Waals surface area contributed by atoms with E-state index < -0.39 is 0 Å². The number of piperidine rings is 1. The van der Waals surface area contributed by atoms with Crippen LogP contribution in [0.3, 0.4) is 0 Å². The van der Waals surface area contributed by atoms with Crippen molar-refractivity contribution in [3.05, 3.63) is 33.7 Å². The molecule has 140 valence electrons. The lowest BCUT2D eigenvalue weighted by molar-refractivity contribution is -0.0978. The molecule has 1 aromatic carbocycles. The number of aromatic nitrogens is 1. The minimum Gasteiger partial charge on any atom is -0.496 e. The molecule has 7 heteroatoms. The lowest BCUT2D eigenvalue weighted by atomic mass is 9.96. The van der Waals surface area contributed by atoms with E-state index in [4.69, 9.17) is 19.2 Å². The molecular formula is C19H23BrN2O3S. The monoisotopic (exact) mass is 438 g/mol. The van der Waals surface area contributed by atoms with Gasteiger partial charge in [-0.05, 0) is 44.1 Å². The first-order valence-electron chi connectivity index (χ1n) is 8.97. The Balaban J connectivity index is 1.38. The van der Waals surface area contributed by atoms with Crippen molar-refractivity contribution >= 4 is 27.3 Å². The number of methoxy groups -OCH3 is 1. The van der Waals surface area contributed by atoms with Crippen LogP contribution in [0.1, 0.15) is 18.5 Å². The molecule has 5 nitrogen and oxygen atoms in total. The molecule has 0 unspecified atom stereocenters. The second kappa shape index (κ2) is 8.35. The second-order valence-electron chi connectivity index (χ2n) is 6.71. The van der Waals surface area contributed by atoms with E-state index >= 15 is 0 Å². The van der Waals surface area contributed by atoms with Gasteiger partial charge in [0.1, 0.15) is 10.8 Å². The highest BCUT2D eigenvalue weighted by Gasteiger charge is 2.30. The highest BCUT2D eigenvalue weighted by molar-refractivity contribution is 9.10. The van der Waals surface area contributed by atoms with Gasteiger partial charge in [-0.15, -0.1) is 11.3 Å². The Bertz CT molecular complexity index is 740. The van der Waals surface area contributed by atoms with Crippen LogP contribution in [0.2, 0.25) is 0 Å². The minimum atomic E-state index is 0.0204. The molecule has 0 saturated carbocycles. The molecule has 0 spiro atoms. The summed E-state index contributed by atoms with van der Waals surface area (Å²) in [5, 5.41) is 3.16. The van der Waals surface area contributed by atoms with Crippen molar-refractivity contribution < 1.29 is 14.2 Å². The third kappa shape index (κ3) is 4.12. The van der Waals surface area contributed by atoms with Crippen LogP contribution in [0.15, 0.2) is 28.1 Å². The van der Waals surface area contributed by atoms with E-state index in [-0.39, 0.29) is 6.29 Å². The lowest BCUT2D eigenvalue weighted by Crippen LogP contribution is -2.37. The van der Waals surface area contributed by atoms with Gasteiger partial charge in [-0.25, -0.2) is 4.98 Å². The smallest absolute Gasteiger partial charge is 0.160 e. The Labute approximate surface area is 166 Å². The minimum absolute atomic E-state index is 0.0204. The van der Waals surface area contributed by atoms with Crippen molar-refractivity contribution in [2.45, 2.75) is 25.7 Å². The van der Waals surface area contributed by atoms with Gasteiger partial charge in [0, 0.05) is 22.3 Å². The molecule has 2 aromatic rings. The van der Waals surface area contributed by atoms with Gasteiger partial charge in [0.25, 0.3) is 0 Å². The molecule has 2 saturated heterocycles. The van der Waals surface area contributed by atoms with Crippen LogP contribution in [0, 0.1) is 5.92 Å². The van der Waals surface area contributed by atoms with Gasteiger partial charge >= 0.3 is 0 Å². The van der Waals surface area contributed by atoms with Crippen molar-refractivity contribution in [1.82, 2.24) is 9.88 Å². The Morgan fingerprint density at radius 2 is 2.04 bits per heavy atom. The van der Waals surface area contributed by atoms with E-state index in [0.717, 1.165) is 72.2 Å². The van der Waals surface area contributed by atoms with Crippen molar-refractivity contribution in [3.63, 3.8) is 0 Å². The fourth-order valence-electron chi connectivity index (χ4n) is 3.61. The summed E-state index contributed by atoms with van der Waals surface area (Å²) in [5.41, 5.74) is 2.16. The predicted octanol–water partition coefficient (Wildman–Crippen LogP) is 4.17. The SMILES string of the molecule is COc1ccc(Br)cc1-c1nc(CN2CCC(C3OCCO3)CC2)cs1. The molecule has 2 aliphatic rings. The summed E-state index contributed by atoms with van der Waals surface area (Å²) in [6.07, 6.45) is 2.27. The predicted molar refractivity (Wildman–Crippen MR) is 105 cm³/mol. The number of rotatable bonds is 5. The van der Waals surface area contributed by atoms with Gasteiger partial charge in [0.15, 0.2) is 6.29 Å². The number of ether oxygens (including phenoxy) is 3. The molecule has 4 rings (SSSR count). The summed E-state index contributed by atoms with van der Waals surface area (Å²) in [6, 6.07) is 6.02. The first-order valence-corrected chi connectivity index (χ1v) is 10.6. The van der Waals surface area contributed by atoms with Crippen LogP contribution in [0.5, 0.6) is 5.75 Å². The van der Waals surface area contributed by atoms with Gasteiger partial charge in [-0.1, -0.05) is 15.9 Å². The highest BCUT2D eigenvalue weighted by Crippen LogP contribution is 2.35. The third-order valence-corrected chi connectivity index (χ3v) is 6.41. The highest BCUT2D eigenvalue weighted by atomic mass is 79.9. The van der Waals surface area contributed by atoms with E-state index in [1.54, 1.807) is 18.4 Å². The van der Waals surface area contributed by atoms with E-state index in [9.17, 15) is 0 Å². The molecule has 0 radical (unpaired) electrons. The molecule has 0 aliphatic carbocycles. The molecule has 1 aromatic heterocycles. The van der Waals surface area contributed by atoms with E-state index in [2.05, 4.69) is 32.3 Å². The largest absolute Gasteiger partial charge is 0.496 e. The molecule has 0 N–H and O–H groups in total. The van der Waals surface area contributed by atoms with Gasteiger partial charge in [0.2, 0.25) is 0 Å². The Morgan fingerprint density at radius 3 is 2.77 bits per heavy atom. The van der Waals surface area contributed by atoms with E-state index in [1.807, 2.05) is 12.1 Å². The van der Waals surface area contributed by atoms with Gasteiger partial charge in [-0.3, -0.25) is 4.90 Å². The van der Waals surface area contributed by atoms with Crippen molar-refractivity contribution in [2.24, 2.45) is 5.92 Å². The van der Waals surface area contributed by atoms with Crippen molar-refractivity contribution in [1.29, 1.82) is 0 Å². The molecule has 0 amide bonds. The van der Waals surface area contributed by atoms with Crippen molar-refractivity contribution in [3.8, 4) is 16.3 Å². The quantitative estimate of drug-likeness (QED) is 0.700. The van der Waals surface area contributed by atoms with Gasteiger partial charge in [0.05, 0.1) is 31.6 Å². The van der Waals surface area contributed by atoms with Crippen molar-refractivity contribution in [2.75, 3.05) is 33.4 Å². The van der Waals surface area contributed by atoms with Crippen LogP contribution in [-0.4, -0.2) is 49.6 Å². The first-order chi connectivity index (χ1) is 12.7. The second-order valence-corrected chi connectivity index (χ2v) is 8.49. The molecule has 26 heavy (non-hydrogen) atoms. The average Bonchev–Trinajstić information content (AvgIpc) is 3.34. The summed E-state index contributed by atoms with van der Waals surface area (Å²) >= 11 is 5.21. The maximum Gasteiger partial charge on any atom is 0.160 e.